The molecule has 0 aliphatic carbocycles. The Bertz CT molecular complexity index is 419. The first-order valence-electron chi connectivity index (χ1n) is 5.31. The molecule has 0 radical (unpaired) electrons. The van der Waals surface area contributed by atoms with E-state index in [0.717, 1.165) is 6.07 Å². The lowest BCUT2D eigenvalue weighted by Crippen LogP contribution is -2.25. The van der Waals surface area contributed by atoms with E-state index >= 15 is 0 Å². The van der Waals surface area contributed by atoms with Crippen LogP contribution in [0, 0.1) is 0 Å². The molecule has 1 nitrogen and oxygen atoms in total. The Labute approximate surface area is 98.6 Å². The van der Waals surface area contributed by atoms with Crippen LogP contribution < -0.4 is 0 Å². The van der Waals surface area contributed by atoms with Gasteiger partial charge in [-0.25, -0.2) is 0 Å². The molecule has 0 aromatic heterocycles. The van der Waals surface area contributed by atoms with Gasteiger partial charge in [-0.15, -0.1) is 0 Å². The SMILES string of the molecule is CC(=O)CC(C)(C)c1ccccc1C(F)(F)F. The molecule has 0 bridgehead atoms. The fourth-order valence-electron chi connectivity index (χ4n) is 2.04. The quantitative estimate of drug-likeness (QED) is 0.786. The van der Waals surface area contributed by atoms with Crippen LogP contribution in [-0.2, 0) is 16.4 Å². The van der Waals surface area contributed by atoms with Gasteiger partial charge in [0.05, 0.1) is 5.56 Å². The van der Waals surface area contributed by atoms with Crippen LogP contribution in [0.5, 0.6) is 0 Å². The zero-order chi connectivity index (χ0) is 13.3. The molecule has 0 atom stereocenters. The van der Waals surface area contributed by atoms with Crippen molar-refractivity contribution in [3.8, 4) is 0 Å². The summed E-state index contributed by atoms with van der Waals surface area (Å²) < 4.78 is 38.5. The van der Waals surface area contributed by atoms with Crippen molar-refractivity contribution in [2.45, 2.75) is 38.8 Å². The van der Waals surface area contributed by atoms with Crippen LogP contribution in [0.4, 0.5) is 13.2 Å². The maximum atomic E-state index is 12.8. The lowest BCUT2D eigenvalue weighted by Gasteiger charge is -2.27. The minimum atomic E-state index is -4.38. The van der Waals surface area contributed by atoms with Crippen molar-refractivity contribution < 1.29 is 18.0 Å². The van der Waals surface area contributed by atoms with E-state index in [1.807, 2.05) is 0 Å². The summed E-state index contributed by atoms with van der Waals surface area (Å²) in [7, 11) is 0. The molecule has 17 heavy (non-hydrogen) atoms. The third kappa shape index (κ3) is 3.32. The van der Waals surface area contributed by atoms with Gasteiger partial charge in [-0.3, -0.25) is 4.79 Å². The first-order chi connectivity index (χ1) is 7.64. The molecule has 0 fully saturated rings. The second kappa shape index (κ2) is 4.51. The molecule has 94 valence electrons. The number of carbonyl (C=O) groups is 1. The van der Waals surface area contributed by atoms with Gasteiger partial charge < -0.3 is 0 Å². The van der Waals surface area contributed by atoms with Gasteiger partial charge in [0.1, 0.15) is 5.78 Å². The molecule has 1 aromatic carbocycles. The lowest BCUT2D eigenvalue weighted by molar-refractivity contribution is -0.139. The van der Waals surface area contributed by atoms with Gasteiger partial charge in [0.15, 0.2) is 0 Å². The predicted molar refractivity (Wildman–Crippen MR) is 59.8 cm³/mol. The van der Waals surface area contributed by atoms with E-state index in [4.69, 9.17) is 0 Å². The molecule has 0 heterocycles. The topological polar surface area (TPSA) is 17.1 Å². The highest BCUT2D eigenvalue weighted by atomic mass is 19.4. The largest absolute Gasteiger partial charge is 0.416 e. The standard InChI is InChI=1S/C13H15F3O/c1-9(17)8-12(2,3)10-6-4-5-7-11(10)13(14,15)16/h4-7H,8H2,1-3H3. The Hall–Kier alpha value is -1.32. The van der Waals surface area contributed by atoms with E-state index in [9.17, 15) is 18.0 Å². The number of benzene rings is 1. The lowest BCUT2D eigenvalue weighted by atomic mass is 9.78. The van der Waals surface area contributed by atoms with E-state index in [1.54, 1.807) is 19.9 Å². The summed E-state index contributed by atoms with van der Waals surface area (Å²) in [5.41, 5.74) is -1.30. The summed E-state index contributed by atoms with van der Waals surface area (Å²) in [6, 6.07) is 5.41. The maximum Gasteiger partial charge on any atom is 0.416 e. The van der Waals surface area contributed by atoms with Gasteiger partial charge >= 0.3 is 6.18 Å². The van der Waals surface area contributed by atoms with E-state index < -0.39 is 17.2 Å². The summed E-state index contributed by atoms with van der Waals surface area (Å²) in [6.07, 6.45) is -4.29. The Morgan fingerprint density at radius 3 is 2.00 bits per heavy atom. The van der Waals surface area contributed by atoms with Crippen molar-refractivity contribution in [1.29, 1.82) is 0 Å². The van der Waals surface area contributed by atoms with E-state index in [-0.39, 0.29) is 17.8 Å². The average molecular weight is 244 g/mol. The number of ketones is 1. The number of Topliss-reactive ketones (excluding diaryl/α,β-unsaturated/α-hetero) is 1. The van der Waals surface area contributed by atoms with Gasteiger partial charge in [0.25, 0.3) is 0 Å². The van der Waals surface area contributed by atoms with Crippen LogP contribution in [0.25, 0.3) is 0 Å². The number of carbonyl (C=O) groups excluding carboxylic acids is 1. The third-order valence-corrected chi connectivity index (χ3v) is 2.65. The molecule has 0 aliphatic heterocycles. The molecular formula is C13H15F3O. The summed E-state index contributed by atoms with van der Waals surface area (Å²) in [6.45, 7) is 4.69. The average Bonchev–Trinajstić information content (AvgIpc) is 2.14. The summed E-state index contributed by atoms with van der Waals surface area (Å²) in [4.78, 5) is 11.1. The fourth-order valence-corrected chi connectivity index (χ4v) is 2.04. The Morgan fingerprint density at radius 1 is 1.12 bits per heavy atom. The van der Waals surface area contributed by atoms with Gasteiger partial charge in [0, 0.05) is 6.42 Å². The van der Waals surface area contributed by atoms with Gasteiger partial charge in [0.2, 0.25) is 0 Å². The highest BCUT2D eigenvalue weighted by Gasteiger charge is 2.37. The number of rotatable bonds is 3. The van der Waals surface area contributed by atoms with E-state index in [2.05, 4.69) is 0 Å². The molecule has 0 saturated carbocycles. The first kappa shape index (κ1) is 13.7. The molecule has 0 unspecified atom stereocenters. The third-order valence-electron chi connectivity index (χ3n) is 2.65. The van der Waals surface area contributed by atoms with Gasteiger partial charge in [-0.1, -0.05) is 32.0 Å². The molecule has 0 spiro atoms. The molecule has 4 heteroatoms. The predicted octanol–water partition coefficient (Wildman–Crippen LogP) is 3.96. The van der Waals surface area contributed by atoms with Crippen molar-refractivity contribution in [1.82, 2.24) is 0 Å². The van der Waals surface area contributed by atoms with Crippen molar-refractivity contribution >= 4 is 5.78 Å². The van der Waals surface area contributed by atoms with Gasteiger partial charge in [-0.2, -0.15) is 13.2 Å². The minimum Gasteiger partial charge on any atom is -0.300 e. The van der Waals surface area contributed by atoms with Crippen LogP contribution in [0.1, 0.15) is 38.3 Å². The summed E-state index contributed by atoms with van der Waals surface area (Å²) in [5, 5.41) is 0. The molecule has 1 aromatic rings. The van der Waals surface area contributed by atoms with Crippen LogP contribution in [0.15, 0.2) is 24.3 Å². The first-order valence-corrected chi connectivity index (χ1v) is 5.31. The molecule has 0 N–H and O–H groups in total. The molecular weight excluding hydrogens is 229 g/mol. The monoisotopic (exact) mass is 244 g/mol. The van der Waals surface area contributed by atoms with Crippen molar-refractivity contribution in [3.05, 3.63) is 35.4 Å². The fraction of sp³-hybridized carbons (Fsp3) is 0.462. The molecule has 0 saturated heterocycles. The van der Waals surface area contributed by atoms with E-state index in [0.29, 0.717) is 0 Å². The Balaban J connectivity index is 3.26. The maximum absolute atomic E-state index is 12.8. The van der Waals surface area contributed by atoms with Crippen LogP contribution in [-0.4, -0.2) is 5.78 Å². The molecule has 0 aliphatic rings. The zero-order valence-electron chi connectivity index (χ0n) is 10.1. The second-order valence-electron chi connectivity index (χ2n) is 4.81. The van der Waals surface area contributed by atoms with Crippen LogP contribution >= 0.6 is 0 Å². The highest BCUT2D eigenvalue weighted by Crippen LogP contribution is 2.38. The van der Waals surface area contributed by atoms with Crippen LogP contribution in [0.3, 0.4) is 0 Å². The number of alkyl halides is 3. The van der Waals surface area contributed by atoms with Crippen molar-refractivity contribution in [3.63, 3.8) is 0 Å². The smallest absolute Gasteiger partial charge is 0.300 e. The number of hydrogen-bond acceptors (Lipinski definition) is 1. The number of hydrogen-bond donors (Lipinski definition) is 0. The van der Waals surface area contributed by atoms with Crippen molar-refractivity contribution in [2.24, 2.45) is 0 Å². The van der Waals surface area contributed by atoms with Gasteiger partial charge in [-0.05, 0) is 24.0 Å². The molecule has 1 rings (SSSR count). The summed E-state index contributed by atoms with van der Waals surface area (Å²) >= 11 is 0. The van der Waals surface area contributed by atoms with E-state index in [1.165, 1.54) is 19.1 Å². The highest BCUT2D eigenvalue weighted by molar-refractivity contribution is 5.77. The normalized spacial score (nSPS) is 12.6. The second-order valence-corrected chi connectivity index (χ2v) is 4.81. The Morgan fingerprint density at radius 2 is 1.59 bits per heavy atom. The minimum absolute atomic E-state index is 0.0973. The zero-order valence-corrected chi connectivity index (χ0v) is 10.1. The summed E-state index contributed by atoms with van der Waals surface area (Å²) in [5.74, 6) is -0.119. The van der Waals surface area contributed by atoms with Crippen molar-refractivity contribution in [2.75, 3.05) is 0 Å². The molecule has 0 amide bonds. The van der Waals surface area contributed by atoms with Crippen LogP contribution in [0.2, 0.25) is 0 Å². The number of halogens is 3. The Kier molecular flexibility index (Phi) is 3.65.